The summed E-state index contributed by atoms with van der Waals surface area (Å²) in [7, 11) is -6.62. The van der Waals surface area contributed by atoms with Gasteiger partial charge in [-0.15, -0.1) is 0 Å². The molecule has 5 radical (unpaired) electrons. The first-order valence-corrected chi connectivity index (χ1v) is 17.4. The molecule has 0 heterocycles. The molecule has 5 rings (SSSR count). The SMILES string of the molecule is F[B-](F)(F)F.[CH]1[CH]CC[CH][CH]CC1.[Rh].c1ccc(P(CCCP(c2ccccc2)c2ccccc2)c2ccccc2)cc1. The summed E-state index contributed by atoms with van der Waals surface area (Å²) >= 11 is 0. The Hall–Kier alpha value is -1.85. The van der Waals surface area contributed by atoms with Crippen molar-refractivity contribution in [2.24, 2.45) is 0 Å². The van der Waals surface area contributed by atoms with Gasteiger partial charge in [-0.3, -0.25) is 0 Å². The van der Waals surface area contributed by atoms with Crippen LogP contribution in [0.15, 0.2) is 121 Å². The summed E-state index contributed by atoms with van der Waals surface area (Å²) in [6.07, 6.45) is 17.7. The Bertz CT molecular complexity index is 1020. The fourth-order valence-electron chi connectivity index (χ4n) is 4.49. The molecule has 1 fully saturated rings. The molecule has 43 heavy (non-hydrogen) atoms. The molecule has 0 N–H and O–H groups in total. The van der Waals surface area contributed by atoms with Gasteiger partial charge in [0.15, 0.2) is 0 Å². The summed E-state index contributed by atoms with van der Waals surface area (Å²) in [4.78, 5) is 0. The first-order valence-electron chi connectivity index (χ1n) is 14.3. The maximum absolute atomic E-state index is 9.75. The first-order chi connectivity index (χ1) is 20.4. The topological polar surface area (TPSA) is 0 Å². The van der Waals surface area contributed by atoms with Gasteiger partial charge < -0.3 is 17.3 Å². The first kappa shape index (κ1) is 37.3. The van der Waals surface area contributed by atoms with Crippen LogP contribution in [-0.4, -0.2) is 19.6 Å². The van der Waals surface area contributed by atoms with Crippen LogP contribution >= 0.6 is 15.8 Å². The Morgan fingerprint density at radius 2 is 0.628 bits per heavy atom. The largest absolute Gasteiger partial charge is 0.673 e. The fourth-order valence-corrected chi connectivity index (χ4v) is 9.44. The normalized spacial score (nSPS) is 13.3. The summed E-state index contributed by atoms with van der Waals surface area (Å²) in [6.45, 7) is 0. The molecule has 229 valence electrons. The van der Waals surface area contributed by atoms with Crippen molar-refractivity contribution in [1.29, 1.82) is 0 Å². The van der Waals surface area contributed by atoms with Crippen LogP contribution in [0.2, 0.25) is 0 Å². The van der Waals surface area contributed by atoms with E-state index in [9.17, 15) is 17.3 Å². The molecular weight excluding hydrogens is 672 g/mol. The summed E-state index contributed by atoms with van der Waals surface area (Å²) in [5.41, 5.74) is 0. The average molecular weight is 710 g/mol. The molecule has 1 aliphatic carbocycles. The van der Waals surface area contributed by atoms with Crippen molar-refractivity contribution in [2.75, 3.05) is 12.3 Å². The number of rotatable bonds is 8. The zero-order valence-corrected chi connectivity index (χ0v) is 27.6. The van der Waals surface area contributed by atoms with Crippen LogP contribution in [-0.2, 0) is 19.5 Å². The molecule has 1 saturated carbocycles. The van der Waals surface area contributed by atoms with Gasteiger partial charge in [-0.05, 0) is 107 Å². The quantitative estimate of drug-likeness (QED) is 0.0972. The van der Waals surface area contributed by atoms with Gasteiger partial charge in [0.2, 0.25) is 0 Å². The molecule has 0 atom stereocenters. The molecule has 0 unspecified atom stereocenters. The Labute approximate surface area is 271 Å². The zero-order valence-electron chi connectivity index (χ0n) is 24.1. The summed E-state index contributed by atoms with van der Waals surface area (Å²) in [5, 5.41) is 5.94. The van der Waals surface area contributed by atoms with Crippen molar-refractivity contribution >= 4 is 44.3 Å². The van der Waals surface area contributed by atoms with Gasteiger partial charge in [0.05, 0.1) is 0 Å². The summed E-state index contributed by atoms with van der Waals surface area (Å²) in [5.74, 6) is 0. The molecule has 0 spiro atoms. The third-order valence-electron chi connectivity index (χ3n) is 6.37. The van der Waals surface area contributed by atoms with Crippen LogP contribution in [0.1, 0.15) is 32.1 Å². The van der Waals surface area contributed by atoms with E-state index in [1.807, 2.05) is 0 Å². The second-order valence-electron chi connectivity index (χ2n) is 9.59. The van der Waals surface area contributed by atoms with Gasteiger partial charge in [0, 0.05) is 19.5 Å². The van der Waals surface area contributed by atoms with Gasteiger partial charge in [0.1, 0.15) is 0 Å². The second-order valence-corrected chi connectivity index (χ2v) is 14.3. The third-order valence-corrected chi connectivity index (χ3v) is 11.6. The Morgan fingerprint density at radius 1 is 0.419 bits per heavy atom. The molecular formula is C35H38BF4P2Rh-. The molecule has 0 aliphatic heterocycles. The molecule has 4 aromatic carbocycles. The molecule has 8 heteroatoms. The minimum atomic E-state index is -6.00. The van der Waals surface area contributed by atoms with Crippen molar-refractivity contribution in [3.63, 3.8) is 0 Å². The molecule has 0 saturated heterocycles. The Kier molecular flexibility index (Phi) is 18.9. The van der Waals surface area contributed by atoms with Crippen molar-refractivity contribution in [1.82, 2.24) is 0 Å². The fraction of sp³-hybridized carbons (Fsp3) is 0.200. The van der Waals surface area contributed by atoms with Crippen molar-refractivity contribution in [2.45, 2.75) is 32.1 Å². The minimum absolute atomic E-state index is 0. The van der Waals surface area contributed by atoms with E-state index < -0.39 is 7.25 Å². The van der Waals surface area contributed by atoms with E-state index >= 15 is 0 Å². The molecule has 0 bridgehead atoms. The number of hydrogen-bond donors (Lipinski definition) is 0. The van der Waals surface area contributed by atoms with Crippen LogP contribution in [0.25, 0.3) is 0 Å². The number of benzene rings is 4. The van der Waals surface area contributed by atoms with E-state index in [1.54, 1.807) is 0 Å². The van der Waals surface area contributed by atoms with Crippen LogP contribution in [0, 0.1) is 25.7 Å². The van der Waals surface area contributed by atoms with Crippen LogP contribution < -0.4 is 21.2 Å². The van der Waals surface area contributed by atoms with Gasteiger partial charge >= 0.3 is 7.25 Å². The summed E-state index contributed by atoms with van der Waals surface area (Å²) < 4.78 is 39.0. The second kappa shape index (κ2) is 21.8. The maximum Gasteiger partial charge on any atom is 0.673 e. The predicted molar refractivity (Wildman–Crippen MR) is 178 cm³/mol. The van der Waals surface area contributed by atoms with Gasteiger partial charge in [-0.2, -0.15) is 0 Å². The monoisotopic (exact) mass is 710 g/mol. The average Bonchev–Trinajstić information content (AvgIpc) is 2.98. The van der Waals surface area contributed by atoms with E-state index in [0.29, 0.717) is 0 Å². The van der Waals surface area contributed by atoms with E-state index in [4.69, 9.17) is 0 Å². The molecule has 4 aromatic rings. The van der Waals surface area contributed by atoms with Crippen LogP contribution in [0.4, 0.5) is 17.3 Å². The third kappa shape index (κ3) is 16.1. The van der Waals surface area contributed by atoms with Gasteiger partial charge in [-0.1, -0.05) is 121 Å². The van der Waals surface area contributed by atoms with E-state index in [0.717, 1.165) is 0 Å². The van der Waals surface area contributed by atoms with Crippen molar-refractivity contribution < 1.29 is 36.7 Å². The molecule has 0 nitrogen and oxygen atoms in total. The smallest absolute Gasteiger partial charge is 0.418 e. The van der Waals surface area contributed by atoms with Crippen molar-refractivity contribution in [3.8, 4) is 0 Å². The number of halogens is 4. The Balaban J connectivity index is 0.000000384. The standard InChI is InChI=1S/C27H26P2.C8H12.BF4.Rh/c1-5-14-24(15-6-1)28(25-16-7-2-8-17-25)22-13-23-29(26-18-9-3-10-19-26)27-20-11-4-12-21-27;1-2-4-6-8-7-5-3-1;2-1(3,4)5;/h1-12,14-21H,13,22-23H2;1-2,7-8H,3-6H2;;/q;;-1;. The van der Waals surface area contributed by atoms with Crippen molar-refractivity contribution in [3.05, 3.63) is 147 Å². The number of hydrogen-bond acceptors (Lipinski definition) is 0. The van der Waals surface area contributed by atoms with Crippen LogP contribution in [0.5, 0.6) is 0 Å². The van der Waals surface area contributed by atoms with E-state index in [-0.39, 0.29) is 35.3 Å². The van der Waals surface area contributed by atoms with Gasteiger partial charge in [-0.25, -0.2) is 0 Å². The van der Waals surface area contributed by atoms with Gasteiger partial charge in [0.25, 0.3) is 0 Å². The molecule has 0 aromatic heterocycles. The summed E-state index contributed by atoms with van der Waals surface area (Å²) in [6, 6.07) is 44.3. The van der Waals surface area contributed by atoms with E-state index in [1.165, 1.54) is 65.6 Å². The Morgan fingerprint density at radius 3 is 0.837 bits per heavy atom. The van der Waals surface area contributed by atoms with E-state index in [2.05, 4.69) is 147 Å². The van der Waals surface area contributed by atoms with Crippen LogP contribution in [0.3, 0.4) is 0 Å². The minimum Gasteiger partial charge on any atom is -0.418 e. The maximum atomic E-state index is 9.75. The molecule has 1 aliphatic rings. The predicted octanol–water partition coefficient (Wildman–Crippen LogP) is 9.32. The zero-order chi connectivity index (χ0) is 29.9. The molecule has 0 amide bonds.